The molecule has 2 rings (SSSR count). The van der Waals surface area contributed by atoms with Crippen LogP contribution < -0.4 is 10.1 Å². The van der Waals surface area contributed by atoms with Crippen LogP contribution in [0.1, 0.15) is 24.2 Å². The average Bonchev–Trinajstić information content (AvgIpc) is 2.81. The molecule has 0 fully saturated rings. The first-order valence-corrected chi connectivity index (χ1v) is 6.05. The van der Waals surface area contributed by atoms with Gasteiger partial charge < -0.3 is 10.1 Å². The summed E-state index contributed by atoms with van der Waals surface area (Å²) in [5, 5.41) is 10.9. The van der Waals surface area contributed by atoms with Gasteiger partial charge in [-0.15, -0.1) is 5.10 Å². The number of nitrogens with one attached hydrogen (secondary N) is 1. The summed E-state index contributed by atoms with van der Waals surface area (Å²) in [6, 6.07) is 4.62. The molecule has 2 aromatic rings. The Kier molecular flexibility index (Phi) is 4.11. The second-order valence-corrected chi connectivity index (χ2v) is 4.36. The summed E-state index contributed by atoms with van der Waals surface area (Å²) in [4.78, 5) is 0. The van der Waals surface area contributed by atoms with E-state index in [2.05, 4.69) is 15.6 Å². The maximum absolute atomic E-state index is 13.3. The average molecular weight is 264 g/mol. The zero-order chi connectivity index (χ0) is 13.8. The van der Waals surface area contributed by atoms with Crippen LogP contribution in [0.2, 0.25) is 0 Å². The molecule has 0 aliphatic carbocycles. The molecule has 0 radical (unpaired) electrons. The topological polar surface area (TPSA) is 52.0 Å². The van der Waals surface area contributed by atoms with Crippen molar-refractivity contribution >= 4 is 0 Å². The molecule has 1 aromatic heterocycles. The maximum atomic E-state index is 13.3. The van der Waals surface area contributed by atoms with E-state index in [0.29, 0.717) is 11.4 Å². The molecule has 1 N–H and O–H groups in total. The molecule has 0 spiro atoms. The normalized spacial score (nSPS) is 12.4. The van der Waals surface area contributed by atoms with Crippen molar-refractivity contribution in [2.75, 3.05) is 7.05 Å². The standard InChI is InChI=1S/C13H17FN4O/c1-9(15-2)12-5-4-10(14)6-13(12)19-8-11-7-18(3)17-16-11/h4-7,9,15H,8H2,1-3H3. The van der Waals surface area contributed by atoms with Gasteiger partial charge >= 0.3 is 0 Å². The van der Waals surface area contributed by atoms with Crippen LogP contribution >= 0.6 is 0 Å². The molecule has 1 aromatic carbocycles. The quantitative estimate of drug-likeness (QED) is 0.895. The molecule has 102 valence electrons. The molecular weight excluding hydrogens is 247 g/mol. The molecule has 0 aliphatic heterocycles. The summed E-state index contributed by atoms with van der Waals surface area (Å²) < 4.78 is 20.6. The summed E-state index contributed by atoms with van der Waals surface area (Å²) in [6.45, 7) is 2.25. The highest BCUT2D eigenvalue weighted by molar-refractivity contribution is 5.36. The van der Waals surface area contributed by atoms with Crippen LogP contribution in [0.25, 0.3) is 0 Å². The van der Waals surface area contributed by atoms with Crippen LogP contribution in [0, 0.1) is 5.82 Å². The van der Waals surface area contributed by atoms with E-state index in [4.69, 9.17) is 4.74 Å². The van der Waals surface area contributed by atoms with Crippen molar-refractivity contribution in [1.29, 1.82) is 0 Å². The lowest BCUT2D eigenvalue weighted by atomic mass is 10.1. The Morgan fingerprint density at radius 3 is 2.89 bits per heavy atom. The molecule has 1 heterocycles. The monoisotopic (exact) mass is 264 g/mol. The van der Waals surface area contributed by atoms with Crippen LogP contribution in [0.3, 0.4) is 0 Å². The molecule has 0 aliphatic rings. The highest BCUT2D eigenvalue weighted by atomic mass is 19.1. The summed E-state index contributed by atoms with van der Waals surface area (Å²) in [5.74, 6) is 0.203. The van der Waals surface area contributed by atoms with E-state index in [1.165, 1.54) is 12.1 Å². The number of hydrogen-bond acceptors (Lipinski definition) is 4. The van der Waals surface area contributed by atoms with Crippen molar-refractivity contribution in [2.45, 2.75) is 19.6 Å². The minimum atomic E-state index is -0.318. The number of halogens is 1. The van der Waals surface area contributed by atoms with E-state index < -0.39 is 0 Å². The highest BCUT2D eigenvalue weighted by Gasteiger charge is 2.12. The van der Waals surface area contributed by atoms with Gasteiger partial charge in [0.15, 0.2) is 0 Å². The third-order valence-electron chi connectivity index (χ3n) is 2.90. The van der Waals surface area contributed by atoms with Gasteiger partial charge in [0.05, 0.1) is 6.20 Å². The Hall–Kier alpha value is -1.95. The number of benzene rings is 1. The van der Waals surface area contributed by atoms with E-state index in [-0.39, 0.29) is 18.5 Å². The van der Waals surface area contributed by atoms with Gasteiger partial charge in [0.1, 0.15) is 23.9 Å². The van der Waals surface area contributed by atoms with Crippen molar-refractivity contribution in [2.24, 2.45) is 7.05 Å². The summed E-state index contributed by atoms with van der Waals surface area (Å²) >= 11 is 0. The zero-order valence-electron chi connectivity index (χ0n) is 11.2. The minimum absolute atomic E-state index is 0.0810. The number of aromatic nitrogens is 3. The number of ether oxygens (including phenoxy) is 1. The van der Waals surface area contributed by atoms with E-state index in [0.717, 1.165) is 5.56 Å². The molecule has 1 atom stereocenters. The van der Waals surface area contributed by atoms with Crippen molar-refractivity contribution in [1.82, 2.24) is 20.3 Å². The fourth-order valence-corrected chi connectivity index (χ4v) is 1.76. The first kappa shape index (κ1) is 13.5. The molecule has 5 nitrogen and oxygen atoms in total. The first-order valence-electron chi connectivity index (χ1n) is 6.05. The lowest BCUT2D eigenvalue weighted by Gasteiger charge is -2.16. The Bertz CT molecular complexity index is 555. The largest absolute Gasteiger partial charge is 0.487 e. The van der Waals surface area contributed by atoms with Gasteiger partial charge in [-0.3, -0.25) is 4.68 Å². The van der Waals surface area contributed by atoms with Gasteiger partial charge in [-0.1, -0.05) is 11.3 Å². The van der Waals surface area contributed by atoms with Crippen molar-refractivity contribution in [3.05, 3.63) is 41.5 Å². The summed E-state index contributed by atoms with van der Waals surface area (Å²) in [6.07, 6.45) is 1.76. The van der Waals surface area contributed by atoms with Crippen LogP contribution in [0.4, 0.5) is 4.39 Å². The van der Waals surface area contributed by atoms with Crippen LogP contribution in [0.5, 0.6) is 5.75 Å². The summed E-state index contributed by atoms with van der Waals surface area (Å²) in [5.41, 5.74) is 1.61. The minimum Gasteiger partial charge on any atom is -0.487 e. The number of hydrogen-bond donors (Lipinski definition) is 1. The van der Waals surface area contributed by atoms with Gasteiger partial charge in [0.25, 0.3) is 0 Å². The Morgan fingerprint density at radius 2 is 2.26 bits per heavy atom. The molecule has 0 bridgehead atoms. The van der Waals surface area contributed by atoms with Gasteiger partial charge in [0, 0.05) is 24.7 Å². The van der Waals surface area contributed by atoms with Gasteiger partial charge in [-0.25, -0.2) is 4.39 Å². The first-order chi connectivity index (χ1) is 9.10. The predicted molar refractivity (Wildman–Crippen MR) is 69.2 cm³/mol. The fraction of sp³-hybridized carbons (Fsp3) is 0.385. The molecular formula is C13H17FN4O. The lowest BCUT2D eigenvalue weighted by molar-refractivity contribution is 0.294. The highest BCUT2D eigenvalue weighted by Crippen LogP contribution is 2.26. The van der Waals surface area contributed by atoms with E-state index in [1.807, 2.05) is 14.0 Å². The molecule has 0 saturated carbocycles. The second-order valence-electron chi connectivity index (χ2n) is 4.36. The number of rotatable bonds is 5. The molecule has 0 amide bonds. The van der Waals surface area contributed by atoms with E-state index in [1.54, 1.807) is 24.0 Å². The third-order valence-corrected chi connectivity index (χ3v) is 2.90. The Balaban J connectivity index is 2.16. The van der Waals surface area contributed by atoms with E-state index >= 15 is 0 Å². The Morgan fingerprint density at radius 1 is 1.47 bits per heavy atom. The van der Waals surface area contributed by atoms with Crippen molar-refractivity contribution < 1.29 is 9.13 Å². The van der Waals surface area contributed by atoms with Gasteiger partial charge in [-0.05, 0) is 20.0 Å². The predicted octanol–water partition coefficient (Wildman–Crippen LogP) is 1.81. The molecule has 19 heavy (non-hydrogen) atoms. The van der Waals surface area contributed by atoms with Gasteiger partial charge in [-0.2, -0.15) is 0 Å². The van der Waals surface area contributed by atoms with Crippen LogP contribution in [-0.2, 0) is 13.7 Å². The smallest absolute Gasteiger partial charge is 0.134 e. The molecule has 6 heteroatoms. The van der Waals surface area contributed by atoms with Gasteiger partial charge in [0.2, 0.25) is 0 Å². The van der Waals surface area contributed by atoms with Crippen molar-refractivity contribution in [3.63, 3.8) is 0 Å². The van der Waals surface area contributed by atoms with Crippen LogP contribution in [-0.4, -0.2) is 22.0 Å². The Labute approximate surface area is 111 Å². The SMILES string of the molecule is CNC(C)c1ccc(F)cc1OCc1cn(C)nn1. The summed E-state index contributed by atoms with van der Waals surface area (Å²) in [7, 11) is 3.63. The fourth-order valence-electron chi connectivity index (χ4n) is 1.76. The molecule has 0 saturated heterocycles. The van der Waals surface area contributed by atoms with Crippen LogP contribution in [0.15, 0.2) is 24.4 Å². The maximum Gasteiger partial charge on any atom is 0.134 e. The zero-order valence-corrected chi connectivity index (χ0v) is 11.2. The number of nitrogens with zero attached hydrogens (tertiary/aromatic N) is 3. The third kappa shape index (κ3) is 3.29. The molecule has 1 unspecified atom stereocenters. The van der Waals surface area contributed by atoms with E-state index in [9.17, 15) is 4.39 Å². The number of aryl methyl sites for hydroxylation is 1. The lowest BCUT2D eigenvalue weighted by Crippen LogP contribution is -2.14. The second kappa shape index (κ2) is 5.79. The van der Waals surface area contributed by atoms with Crippen molar-refractivity contribution in [3.8, 4) is 5.75 Å².